The zero-order valence-corrected chi connectivity index (χ0v) is 71.7. The van der Waals surface area contributed by atoms with Crippen molar-refractivity contribution in [3.63, 3.8) is 0 Å². The van der Waals surface area contributed by atoms with Crippen molar-refractivity contribution in [2.75, 3.05) is 61.1 Å². The van der Waals surface area contributed by atoms with Crippen LogP contribution in [0.1, 0.15) is 147 Å². The van der Waals surface area contributed by atoms with E-state index in [0.717, 1.165) is 203 Å². The number of fused-ring (bicyclic) bond motifs is 6. The van der Waals surface area contributed by atoms with E-state index in [-0.39, 0.29) is 115 Å². The molecule has 606 valence electrons. The third kappa shape index (κ3) is 19.8. The smallest absolute Gasteiger partial charge is 0.813 e. The number of piperidine rings is 3. The molecule has 12 heterocycles. The number of pyridine rings is 2. The maximum absolute atomic E-state index is 12.5. The Morgan fingerprint density at radius 3 is 1.50 bits per heavy atom. The van der Waals surface area contributed by atoms with E-state index in [1.54, 1.807) is 36.8 Å². The molecule has 2 unspecified atom stereocenters. The fourth-order valence-electron chi connectivity index (χ4n) is 17.6. The number of nitrogens with one attached hydrogen (secondary N) is 5. The molecule has 10 aromatic rings. The molecule has 7 N–H and O–H groups in total. The number of thiol groups is 1. The van der Waals surface area contributed by atoms with Crippen molar-refractivity contribution in [2.24, 2.45) is 27.9 Å². The average molecular weight is 1700 g/mol. The molecule has 0 radical (unpaired) electrons. The van der Waals surface area contributed by atoms with E-state index in [0.29, 0.717) is 11.5 Å². The van der Waals surface area contributed by atoms with Gasteiger partial charge in [-0.15, -0.1) is 6.20 Å². The van der Waals surface area contributed by atoms with Gasteiger partial charge in [0.15, 0.2) is 11.3 Å². The first-order valence-corrected chi connectivity index (χ1v) is 41.1. The second-order valence-corrected chi connectivity index (χ2v) is 35.4. The third-order valence-electron chi connectivity index (χ3n) is 23.2. The molecule has 2 aromatic carbocycles. The van der Waals surface area contributed by atoms with Crippen LogP contribution in [-0.4, -0.2) is 153 Å². The predicted molar refractivity (Wildman–Crippen MR) is 456 cm³/mol. The molecule has 4 aliphatic carbocycles. The first kappa shape index (κ1) is 86.1. The Kier molecular flexibility index (Phi) is 28.1. The van der Waals surface area contributed by atoms with Gasteiger partial charge in [-0.25, -0.2) is 29.5 Å². The number of aromatic nitrogens is 11. The molecule has 4 aliphatic heterocycles. The number of amides is 3. The Hall–Kier alpha value is -8.23. The molecular formula is C84H104BrFN18NaO7S3-. The van der Waals surface area contributed by atoms with Crippen LogP contribution < -0.4 is 77.1 Å². The van der Waals surface area contributed by atoms with Crippen LogP contribution in [-0.2, 0) is 27.8 Å². The molecule has 115 heavy (non-hydrogen) atoms. The molecule has 3 saturated carbocycles. The van der Waals surface area contributed by atoms with Gasteiger partial charge in [0.25, 0.3) is 0 Å². The molecule has 6 fully saturated rings. The van der Waals surface area contributed by atoms with Crippen LogP contribution in [0.15, 0.2) is 180 Å². The number of nitrogens with zero attached hydrogens (tertiary/aromatic N) is 12. The third-order valence-corrected chi connectivity index (χ3v) is 26.1. The summed E-state index contributed by atoms with van der Waals surface area (Å²) in [5.41, 5.74) is 9.97. The normalized spacial score (nSPS) is 21.0. The number of hydrogen-bond acceptors (Lipinski definition) is 20. The fourth-order valence-corrected chi connectivity index (χ4v) is 20.4. The SMILES string of the molecule is C.CC(C)(C)OC(=O)N[C@@H]1CCCC12CCN(c1nc[c-]c3nccn13)CC2.CC(C)(C)OC(=O)N[C@@H]1CCCC12CCN(c1ncc(Sc3cc(=O)[nH]c4ccccc34)c3nccn13)CC2.N[C@@H]1CCCC12CCN(c1ncc(Sc3cc(=O)[nH]c4ccccc34)c3nccn13)CC2.O=C1C=C(Br)C2C=CC=CC2N1.[2H]CF.[Na+].[SH-]. The number of H-pyrrole nitrogens is 2. The van der Waals surface area contributed by atoms with Crippen molar-refractivity contribution < 1.29 is 59.2 Å². The molecule has 31 heteroatoms. The van der Waals surface area contributed by atoms with Gasteiger partial charge in [-0.3, -0.25) is 37.5 Å². The summed E-state index contributed by atoms with van der Waals surface area (Å²) < 4.78 is 33.6. The number of allylic oxidation sites excluding steroid dienone is 2. The summed E-state index contributed by atoms with van der Waals surface area (Å²) in [6.45, 7) is 16.9. The number of ether oxygens (including phenoxy) is 2. The number of alkyl halides is 1. The summed E-state index contributed by atoms with van der Waals surface area (Å²) in [6.07, 6.45) is 42.3. The number of nitrogens with two attached hydrogens (primary N) is 1. The Morgan fingerprint density at radius 2 is 1.03 bits per heavy atom. The van der Waals surface area contributed by atoms with Crippen LogP contribution >= 0.6 is 39.5 Å². The van der Waals surface area contributed by atoms with E-state index in [4.69, 9.17) is 26.5 Å². The number of alkyl carbamates (subject to hydrolysis) is 2. The second-order valence-electron chi connectivity index (χ2n) is 32.3. The maximum atomic E-state index is 12.5. The number of halogens is 2. The first-order valence-electron chi connectivity index (χ1n) is 39.4. The Bertz CT molecular complexity index is 5310. The van der Waals surface area contributed by atoms with Crippen LogP contribution in [0.4, 0.5) is 31.8 Å². The van der Waals surface area contributed by atoms with E-state index < -0.39 is 18.4 Å². The minimum atomic E-state index is -1.00. The maximum Gasteiger partial charge on any atom is 1.00 e. The molecular weight excluding hydrogens is 1590 g/mol. The van der Waals surface area contributed by atoms with Crippen LogP contribution in [0, 0.1) is 28.2 Å². The number of benzene rings is 2. The van der Waals surface area contributed by atoms with Crippen LogP contribution in [0.25, 0.3) is 38.7 Å². The van der Waals surface area contributed by atoms with Gasteiger partial charge in [0, 0.05) is 167 Å². The molecule has 18 rings (SSSR count). The Balaban J connectivity index is 0.000000157. The van der Waals surface area contributed by atoms with Crippen molar-refractivity contribution in [3.05, 3.63) is 178 Å². The molecule has 3 saturated heterocycles. The number of rotatable bonds is 9. The van der Waals surface area contributed by atoms with Gasteiger partial charge < -0.3 is 79.8 Å². The molecule has 8 aliphatic rings. The average Bonchev–Trinajstić information content (AvgIpc) is 1.55. The zero-order valence-electron chi connectivity index (χ0n) is 66.6. The van der Waals surface area contributed by atoms with Gasteiger partial charge in [-0.05, 0) is 153 Å². The summed E-state index contributed by atoms with van der Waals surface area (Å²) in [7, 11) is -1.00. The summed E-state index contributed by atoms with van der Waals surface area (Å²) in [5, 5.41) is 11.2. The quantitative estimate of drug-likeness (QED) is 0.0339. The summed E-state index contributed by atoms with van der Waals surface area (Å²) in [5.74, 6) is 2.98. The molecule has 3 amide bonds. The number of anilines is 3. The van der Waals surface area contributed by atoms with Gasteiger partial charge in [-0.1, -0.05) is 127 Å². The summed E-state index contributed by atoms with van der Waals surface area (Å²) >= 11 is 6.43. The van der Waals surface area contributed by atoms with Crippen LogP contribution in [0.2, 0.25) is 0 Å². The van der Waals surface area contributed by atoms with E-state index in [9.17, 15) is 28.4 Å². The van der Waals surface area contributed by atoms with Crippen molar-refractivity contribution in [2.45, 2.75) is 200 Å². The van der Waals surface area contributed by atoms with Gasteiger partial charge in [-0.2, -0.15) is 0 Å². The molecule has 5 atom stereocenters. The number of carbonyl (C=O) groups excluding carboxylic acids is 3. The van der Waals surface area contributed by atoms with Gasteiger partial charge in [0.05, 0.1) is 24.4 Å². The monoisotopic (exact) mass is 1690 g/mol. The summed E-state index contributed by atoms with van der Waals surface area (Å²) in [6, 6.07) is 22.8. The topological polar surface area (TPSA) is 298 Å². The van der Waals surface area contributed by atoms with Gasteiger partial charge in [0.1, 0.15) is 11.2 Å². The van der Waals surface area contributed by atoms with Crippen LogP contribution in [0.3, 0.4) is 0 Å². The molecule has 25 nitrogen and oxygen atoms in total. The van der Waals surface area contributed by atoms with Gasteiger partial charge >= 0.3 is 41.7 Å². The minimum Gasteiger partial charge on any atom is -0.813 e. The van der Waals surface area contributed by atoms with E-state index >= 15 is 0 Å². The number of carbonyl (C=O) groups is 3. The molecule has 3 spiro atoms. The summed E-state index contributed by atoms with van der Waals surface area (Å²) in [4.78, 5) is 105. The Labute approximate surface area is 717 Å². The number of para-hydroxylation sites is 2. The van der Waals surface area contributed by atoms with Crippen LogP contribution in [0.5, 0.6) is 0 Å². The minimum absolute atomic E-state index is 0. The van der Waals surface area contributed by atoms with Gasteiger partial charge in [0.2, 0.25) is 34.9 Å². The number of hydrogen-bond donors (Lipinski definition) is 6. The fraction of sp³-hybridized carbons (Fsp3) is 0.464. The molecule has 8 aromatic heterocycles. The predicted octanol–water partition coefficient (Wildman–Crippen LogP) is 11.9. The van der Waals surface area contributed by atoms with Crippen molar-refractivity contribution >= 4 is 128 Å². The zero-order chi connectivity index (χ0) is 79.2. The molecule has 0 bridgehead atoms. The Morgan fingerprint density at radius 1 is 0.609 bits per heavy atom. The number of imidazole rings is 3. The standard InChI is InChI=1S/C29H34N6O3S.C24H26N6OS.C20H28N5O2.C9H8BrNO.CH3F.CH4.Na.H2S/c1-28(2,3)38-27(37)33-23-9-6-10-29(23)11-14-34(15-12-29)26-31-18-22(25-30-13-16-35(25)26)39-21-17-24(36)32-20-8-5-4-7-19(20)21;25-20-6-3-7-24(20)8-11-29(12-9-24)23-27-15-19(22-26-10-13-30(22)23)32-18-14-21(31)28-17-5-2-1-4-16(17)18;1-19(2,3)27-18(26)23-15-5-4-7-20(15)8-12-24(13-9-20)17-22-10-6-16-21-11-14-25(16)17;10-7-5-9(12)11-8-4-2-1-3-6(7)8;1-2;;;/h4-5,7-8,13,16-18,23H,6,9-12,14-15H2,1-3H3,(H,32,36)(H,33,37);1-2,4-5,10,13-15,20H,3,6-9,11-12,25H2,(H,28,31);10-11,14-15H,4-5,7-9,12-13H2,1-3H3,(H,23,26);1-6,8H,(H,11,12);1H3;1H4;;1H2/q;;-1;;;;+1;/p-1/t23-;20-;15-;;;;;/m111...../s1/i;;;;1D;;;. The van der Waals surface area contributed by atoms with E-state index in [1.165, 1.54) is 36.4 Å². The number of aromatic amines is 2. The van der Waals surface area contributed by atoms with Crippen molar-refractivity contribution in [1.82, 2.24) is 69.0 Å². The van der Waals surface area contributed by atoms with Crippen molar-refractivity contribution in [1.29, 1.82) is 0 Å². The largest absolute Gasteiger partial charge is 1.00 e. The van der Waals surface area contributed by atoms with Crippen molar-refractivity contribution in [3.8, 4) is 0 Å². The first-order chi connectivity index (χ1) is 54.4. The second kappa shape index (κ2) is 37.6. The van der Waals surface area contributed by atoms with E-state index in [2.05, 4.69) is 93.0 Å². The van der Waals surface area contributed by atoms with E-state index in [1.807, 2.05) is 154 Å².